The first-order valence-electron chi connectivity index (χ1n) is 9.75. The number of aromatic nitrogens is 1. The fourth-order valence-corrected chi connectivity index (χ4v) is 4.82. The number of benzene rings is 1. The first-order chi connectivity index (χ1) is 13.6. The van der Waals surface area contributed by atoms with Gasteiger partial charge in [0.25, 0.3) is 5.43 Å². The van der Waals surface area contributed by atoms with Crippen molar-refractivity contribution in [3.8, 4) is 28.1 Å². The van der Waals surface area contributed by atoms with Crippen molar-refractivity contribution in [1.82, 2.24) is 4.57 Å². The Morgan fingerprint density at radius 2 is 1.82 bits per heavy atom. The highest BCUT2D eigenvalue weighted by molar-refractivity contribution is 5.95. The first kappa shape index (κ1) is 17.0. The van der Waals surface area contributed by atoms with Crippen LogP contribution in [-0.4, -0.2) is 9.67 Å². The van der Waals surface area contributed by atoms with Gasteiger partial charge in [0.1, 0.15) is 0 Å². The van der Waals surface area contributed by atoms with Gasteiger partial charge in [0.2, 0.25) is 5.43 Å². The number of nitrogens with zero attached hydrogens (tertiary/aromatic N) is 1. The maximum absolute atomic E-state index is 11.9. The van der Waals surface area contributed by atoms with E-state index in [2.05, 4.69) is 4.57 Å². The molecule has 2 aromatic carbocycles. The smallest absolute Gasteiger partial charge is 0.268 e. The number of aryl methyl sites for hydroxylation is 1. The van der Waals surface area contributed by atoms with Gasteiger partial charge in [0.15, 0.2) is 5.75 Å². The molecule has 1 aliphatic rings. The van der Waals surface area contributed by atoms with E-state index in [0.29, 0.717) is 11.5 Å². The van der Waals surface area contributed by atoms with Crippen molar-refractivity contribution in [2.45, 2.75) is 38.0 Å². The summed E-state index contributed by atoms with van der Waals surface area (Å²) >= 11 is 0. The van der Waals surface area contributed by atoms with Gasteiger partial charge in [-0.05, 0) is 42.0 Å². The molecule has 2 heterocycles. The van der Waals surface area contributed by atoms with Crippen molar-refractivity contribution >= 4 is 10.9 Å². The molecule has 1 saturated carbocycles. The van der Waals surface area contributed by atoms with Gasteiger partial charge in [-0.2, -0.15) is 0 Å². The second-order valence-electron chi connectivity index (χ2n) is 7.78. The van der Waals surface area contributed by atoms with Crippen molar-refractivity contribution in [3.05, 3.63) is 62.8 Å². The molecule has 5 heteroatoms. The van der Waals surface area contributed by atoms with E-state index in [9.17, 15) is 14.7 Å². The van der Waals surface area contributed by atoms with Crippen molar-refractivity contribution in [1.29, 1.82) is 0 Å². The molecule has 0 spiro atoms. The summed E-state index contributed by atoms with van der Waals surface area (Å²) in [5, 5.41) is 11.0. The summed E-state index contributed by atoms with van der Waals surface area (Å²) < 4.78 is 7.49. The minimum absolute atomic E-state index is 0.122. The second-order valence-corrected chi connectivity index (χ2v) is 7.78. The lowest BCUT2D eigenvalue weighted by Gasteiger charge is -2.23. The molecule has 1 fully saturated rings. The van der Waals surface area contributed by atoms with Crippen LogP contribution in [0.15, 0.2) is 50.8 Å². The predicted molar refractivity (Wildman–Crippen MR) is 108 cm³/mol. The van der Waals surface area contributed by atoms with Crippen LogP contribution >= 0.6 is 0 Å². The van der Waals surface area contributed by atoms with E-state index in [1.807, 2.05) is 31.3 Å². The third kappa shape index (κ3) is 2.32. The van der Waals surface area contributed by atoms with Gasteiger partial charge >= 0.3 is 0 Å². The summed E-state index contributed by atoms with van der Waals surface area (Å²) in [7, 11) is 2.02. The molecule has 5 rings (SSSR count). The van der Waals surface area contributed by atoms with Gasteiger partial charge in [-0.3, -0.25) is 9.59 Å². The quantitative estimate of drug-likeness (QED) is 0.537. The molecule has 5 nitrogen and oxygen atoms in total. The van der Waals surface area contributed by atoms with E-state index in [0.717, 1.165) is 22.2 Å². The Morgan fingerprint density at radius 1 is 1.04 bits per heavy atom. The molecule has 0 unspecified atom stereocenters. The molecule has 0 amide bonds. The van der Waals surface area contributed by atoms with E-state index < -0.39 is 16.6 Å². The monoisotopic (exact) mass is 375 g/mol. The molecular weight excluding hydrogens is 354 g/mol. The maximum Gasteiger partial charge on any atom is 0.268 e. The Hall–Kier alpha value is -3.08. The van der Waals surface area contributed by atoms with Crippen LogP contribution in [0.2, 0.25) is 0 Å². The summed E-state index contributed by atoms with van der Waals surface area (Å²) in [5.74, 6) is 0.0638. The van der Waals surface area contributed by atoms with Crippen LogP contribution in [0.5, 0.6) is 5.75 Å². The molecule has 0 atom stereocenters. The van der Waals surface area contributed by atoms with Gasteiger partial charge in [-0.15, -0.1) is 0 Å². The second kappa shape index (κ2) is 6.23. The Labute approximate surface area is 161 Å². The highest BCUT2D eigenvalue weighted by atomic mass is 16.3. The summed E-state index contributed by atoms with van der Waals surface area (Å²) in [6.07, 6.45) is 9.56. The van der Waals surface area contributed by atoms with Crippen molar-refractivity contribution in [2.24, 2.45) is 7.05 Å². The summed E-state index contributed by atoms with van der Waals surface area (Å²) in [4.78, 5) is 23.3. The molecule has 4 aromatic rings. The van der Waals surface area contributed by atoms with Gasteiger partial charge in [-0.25, -0.2) is 0 Å². The first-order valence-corrected chi connectivity index (χ1v) is 9.75. The zero-order valence-electron chi connectivity index (χ0n) is 15.7. The van der Waals surface area contributed by atoms with Crippen LogP contribution in [0.25, 0.3) is 33.3 Å². The minimum atomic E-state index is -0.802. The zero-order chi connectivity index (χ0) is 19.4. The summed E-state index contributed by atoms with van der Waals surface area (Å²) in [6, 6.07) is 7.74. The Kier molecular flexibility index (Phi) is 3.79. The molecule has 0 radical (unpaired) electrons. The number of aromatic hydroxyl groups is 1. The van der Waals surface area contributed by atoms with Crippen molar-refractivity contribution in [2.75, 3.05) is 0 Å². The van der Waals surface area contributed by atoms with E-state index in [1.165, 1.54) is 37.7 Å². The highest BCUT2D eigenvalue weighted by Gasteiger charge is 2.27. The van der Waals surface area contributed by atoms with Crippen molar-refractivity contribution in [3.63, 3.8) is 0 Å². The lowest BCUT2D eigenvalue weighted by Crippen LogP contribution is -2.31. The Bertz CT molecular complexity index is 1250. The summed E-state index contributed by atoms with van der Waals surface area (Å²) in [6.45, 7) is 0. The zero-order valence-corrected chi connectivity index (χ0v) is 15.7. The molecule has 142 valence electrons. The van der Waals surface area contributed by atoms with Gasteiger partial charge < -0.3 is 14.1 Å². The van der Waals surface area contributed by atoms with E-state index >= 15 is 0 Å². The average molecular weight is 375 g/mol. The molecule has 28 heavy (non-hydrogen) atoms. The highest BCUT2D eigenvalue weighted by Crippen LogP contribution is 2.44. The van der Waals surface area contributed by atoms with Crippen LogP contribution in [0.4, 0.5) is 0 Å². The van der Waals surface area contributed by atoms with Crippen LogP contribution in [0.1, 0.15) is 43.6 Å². The lowest BCUT2D eigenvalue weighted by atomic mass is 9.82. The molecule has 2 aromatic heterocycles. The molecular formula is C23H21NO4. The van der Waals surface area contributed by atoms with Crippen LogP contribution in [-0.2, 0) is 7.05 Å². The van der Waals surface area contributed by atoms with E-state index in [4.69, 9.17) is 4.42 Å². The third-order valence-corrected chi connectivity index (χ3v) is 6.22. The predicted octanol–water partition coefficient (Wildman–Crippen LogP) is 4.45. The fraction of sp³-hybridized carbons (Fsp3) is 0.304. The van der Waals surface area contributed by atoms with Crippen LogP contribution < -0.4 is 10.9 Å². The SMILES string of the molecule is Cn1c(-c2ccoc2)c(C2CCCCC2)c2ccc(-c3c(O)c(=O)c3=O)cc21. The normalized spacial score (nSPS) is 15.6. The Morgan fingerprint density at radius 3 is 2.50 bits per heavy atom. The molecule has 0 saturated heterocycles. The Balaban J connectivity index is 1.76. The van der Waals surface area contributed by atoms with Gasteiger partial charge in [0.05, 0.1) is 23.8 Å². The van der Waals surface area contributed by atoms with E-state index in [1.54, 1.807) is 12.5 Å². The standard InChI is InChI=1S/C23H21NO4/c1-24-17-11-14(19-21(25)23(27)22(19)26)7-8-16(17)18(13-5-3-2-4-6-13)20(24)15-9-10-28-12-15/h7-13,25H,2-6H2,1H3. The third-order valence-electron chi connectivity index (χ3n) is 6.22. The van der Waals surface area contributed by atoms with Gasteiger partial charge in [0, 0.05) is 23.5 Å². The van der Waals surface area contributed by atoms with Gasteiger partial charge in [-0.1, -0.05) is 31.4 Å². The topological polar surface area (TPSA) is 72.4 Å². The number of hydrogen-bond donors (Lipinski definition) is 1. The largest absolute Gasteiger partial charge is 0.503 e. The lowest BCUT2D eigenvalue weighted by molar-refractivity contribution is 0.446. The minimum Gasteiger partial charge on any atom is -0.503 e. The summed E-state index contributed by atoms with van der Waals surface area (Å²) in [5.41, 5.74) is 3.79. The van der Waals surface area contributed by atoms with Crippen LogP contribution in [0, 0.1) is 0 Å². The number of fused-ring (bicyclic) bond motifs is 1. The number of hydrogen-bond acceptors (Lipinski definition) is 4. The fourth-order valence-electron chi connectivity index (χ4n) is 4.82. The average Bonchev–Trinajstić information content (AvgIpc) is 3.35. The molecule has 0 bridgehead atoms. The number of rotatable bonds is 3. The van der Waals surface area contributed by atoms with E-state index in [-0.39, 0.29) is 5.56 Å². The number of furan rings is 1. The van der Waals surface area contributed by atoms with Crippen LogP contribution in [0.3, 0.4) is 0 Å². The maximum atomic E-state index is 11.9. The van der Waals surface area contributed by atoms with Crippen molar-refractivity contribution < 1.29 is 9.52 Å². The molecule has 0 aliphatic heterocycles. The molecule has 1 N–H and O–H groups in total. The molecule has 1 aliphatic carbocycles.